The van der Waals surface area contributed by atoms with Crippen molar-refractivity contribution in [3.05, 3.63) is 36.0 Å². The van der Waals surface area contributed by atoms with Crippen LogP contribution in [0.15, 0.2) is 46.0 Å². The highest BCUT2D eigenvalue weighted by Gasteiger charge is 2.38. The Morgan fingerprint density at radius 2 is 1.91 bits per heavy atom. The zero-order chi connectivity index (χ0) is 33.0. The largest absolute Gasteiger partial charge is 0.369 e. The molecule has 2 aromatic rings. The second-order valence-corrected chi connectivity index (χ2v) is 14.3. The monoisotopic (exact) mass is 664 g/mol. The lowest BCUT2D eigenvalue weighted by Crippen LogP contribution is -2.53. The maximum Gasteiger partial charge on any atom is 0.281 e. The normalized spacial score (nSPS) is 19.3. The van der Waals surface area contributed by atoms with Gasteiger partial charge in [0, 0.05) is 24.3 Å². The molecule has 3 amide bonds. The van der Waals surface area contributed by atoms with Crippen LogP contribution >= 0.6 is 11.3 Å². The second-order valence-electron chi connectivity index (χ2n) is 11.8. The Morgan fingerprint density at radius 3 is 2.51 bits per heavy atom. The van der Waals surface area contributed by atoms with Crippen molar-refractivity contribution < 1.29 is 28.0 Å². The number of rotatable bonds is 16. The van der Waals surface area contributed by atoms with E-state index in [0.29, 0.717) is 28.9 Å². The molecule has 3 rings (SSSR count). The molecule has 3 atom stereocenters. The molecule has 0 radical (unpaired) electrons. The molecular formula is C29H44N8O6S2. The zero-order valence-electron chi connectivity index (χ0n) is 25.8. The van der Waals surface area contributed by atoms with Crippen molar-refractivity contribution >= 4 is 50.7 Å². The average Bonchev–Trinajstić information content (AvgIpc) is 3.52. The molecule has 1 fully saturated rings. The van der Waals surface area contributed by atoms with Gasteiger partial charge in [0.25, 0.3) is 10.0 Å². The molecule has 0 unspecified atom stereocenters. The fourth-order valence-electron chi connectivity index (χ4n) is 5.60. The van der Waals surface area contributed by atoms with E-state index in [1.54, 1.807) is 17.6 Å². The molecule has 248 valence electrons. The van der Waals surface area contributed by atoms with Crippen molar-refractivity contribution in [2.45, 2.75) is 82.8 Å². The van der Waals surface area contributed by atoms with Crippen LogP contribution in [0.1, 0.15) is 65.7 Å². The van der Waals surface area contributed by atoms with Crippen molar-refractivity contribution in [2.75, 3.05) is 11.9 Å². The smallest absolute Gasteiger partial charge is 0.281 e. The Balaban J connectivity index is 1.74. The van der Waals surface area contributed by atoms with Crippen LogP contribution in [0.25, 0.3) is 0 Å². The van der Waals surface area contributed by atoms with E-state index in [-0.39, 0.29) is 42.2 Å². The van der Waals surface area contributed by atoms with Crippen LogP contribution in [0.2, 0.25) is 0 Å². The van der Waals surface area contributed by atoms with Crippen LogP contribution in [0, 0.1) is 23.7 Å². The molecule has 2 heterocycles. The molecule has 14 nitrogen and oxygen atoms in total. The average molecular weight is 665 g/mol. The molecule has 0 bridgehead atoms. The van der Waals surface area contributed by atoms with Crippen LogP contribution in [0.4, 0.5) is 5.13 Å². The Morgan fingerprint density at radius 1 is 1.18 bits per heavy atom. The van der Waals surface area contributed by atoms with Gasteiger partial charge in [-0.2, -0.15) is 8.42 Å². The van der Waals surface area contributed by atoms with Gasteiger partial charge in [0.05, 0.1) is 12.0 Å². The van der Waals surface area contributed by atoms with E-state index in [1.165, 1.54) is 29.7 Å². The molecule has 0 aliphatic heterocycles. The van der Waals surface area contributed by atoms with Crippen molar-refractivity contribution in [3.63, 3.8) is 0 Å². The minimum Gasteiger partial charge on any atom is -0.369 e. The lowest BCUT2D eigenvalue weighted by molar-refractivity contribution is -0.174. The molecule has 16 heteroatoms. The van der Waals surface area contributed by atoms with E-state index in [0.717, 1.165) is 25.7 Å². The summed E-state index contributed by atoms with van der Waals surface area (Å²) >= 11 is 1.23. The summed E-state index contributed by atoms with van der Waals surface area (Å²) in [6.45, 7) is 5.93. The first-order valence-electron chi connectivity index (χ1n) is 15.1. The van der Waals surface area contributed by atoms with Crippen LogP contribution in [0.5, 0.6) is 0 Å². The quantitative estimate of drug-likeness (QED) is 0.0446. The molecule has 1 aliphatic carbocycles. The topological polar surface area (TPSA) is 209 Å². The predicted octanol–water partition coefficient (Wildman–Crippen LogP) is 2.74. The Kier molecular flexibility index (Phi) is 13.7. The standard InChI is InChI=1S/C29H44N8O6S2/c1-19(2)25(37(41)18-38)22(17-21-11-9-20(3)10-12-21)26(39)34-23(27(40)35-29-33-15-16-44-29)7-6-14-32-28(30)36-45(42,43)24-8-4-5-13-31-24/h4-5,8,13,15-16,18-23,25,41H,6-7,9-12,14,17H2,1-3H3,(H,34,39)(H3,30,32,36)(H,33,35,40)/t20?,21?,22-,23-,25-/m0/s1. The number of aromatic nitrogens is 2. The van der Waals surface area contributed by atoms with Gasteiger partial charge in [0.15, 0.2) is 10.2 Å². The number of hydrogen-bond donors (Lipinski definition) is 5. The Hall–Kier alpha value is -3.63. The highest BCUT2D eigenvalue weighted by atomic mass is 32.2. The van der Waals surface area contributed by atoms with Crippen LogP contribution in [-0.2, 0) is 24.4 Å². The van der Waals surface area contributed by atoms with Gasteiger partial charge in [-0.05, 0) is 49.1 Å². The highest BCUT2D eigenvalue weighted by molar-refractivity contribution is 7.90. The van der Waals surface area contributed by atoms with E-state index in [9.17, 15) is 28.0 Å². The number of carbonyl (C=O) groups excluding carboxylic acids is 3. The maximum atomic E-state index is 13.9. The minimum absolute atomic E-state index is 0.0569. The number of nitrogens with zero attached hydrogens (tertiary/aromatic N) is 4. The van der Waals surface area contributed by atoms with Gasteiger partial charge in [-0.1, -0.05) is 52.5 Å². The Labute approximate surface area is 268 Å². The number of carbonyl (C=O) groups is 3. The first kappa shape index (κ1) is 35.8. The summed E-state index contributed by atoms with van der Waals surface area (Å²) in [7, 11) is -4.01. The number of nitrogens with two attached hydrogens (primary N) is 1. The molecule has 45 heavy (non-hydrogen) atoms. The number of pyridine rings is 1. The zero-order valence-corrected chi connectivity index (χ0v) is 27.5. The third kappa shape index (κ3) is 11.0. The van der Waals surface area contributed by atoms with Gasteiger partial charge < -0.3 is 16.4 Å². The summed E-state index contributed by atoms with van der Waals surface area (Å²) in [5.41, 5.74) is 5.80. The molecule has 2 aromatic heterocycles. The minimum atomic E-state index is -4.01. The first-order valence-corrected chi connectivity index (χ1v) is 17.4. The molecular weight excluding hydrogens is 621 g/mol. The van der Waals surface area contributed by atoms with Crippen molar-refractivity contribution in [1.82, 2.24) is 25.1 Å². The third-order valence-corrected chi connectivity index (χ3v) is 9.91. The molecule has 6 N–H and O–H groups in total. The molecule has 0 saturated heterocycles. The van der Waals surface area contributed by atoms with Crippen molar-refractivity contribution in [1.29, 1.82) is 0 Å². The van der Waals surface area contributed by atoms with E-state index in [4.69, 9.17) is 5.73 Å². The lowest BCUT2D eigenvalue weighted by Gasteiger charge is -2.37. The summed E-state index contributed by atoms with van der Waals surface area (Å²) in [6, 6.07) is 2.64. The third-order valence-electron chi connectivity index (χ3n) is 7.95. The number of hydroxylamine groups is 2. The fourth-order valence-corrected chi connectivity index (χ4v) is 7.03. The highest BCUT2D eigenvalue weighted by Crippen LogP contribution is 2.35. The van der Waals surface area contributed by atoms with Gasteiger partial charge in [0.1, 0.15) is 6.04 Å². The molecule has 1 aliphatic rings. The van der Waals surface area contributed by atoms with Crippen LogP contribution < -0.4 is 21.1 Å². The van der Waals surface area contributed by atoms with Crippen LogP contribution in [-0.4, -0.2) is 71.5 Å². The first-order chi connectivity index (χ1) is 21.4. The summed E-state index contributed by atoms with van der Waals surface area (Å²) in [6.07, 6.45) is 8.04. The van der Waals surface area contributed by atoms with Crippen molar-refractivity contribution in [3.8, 4) is 0 Å². The lowest BCUT2D eigenvalue weighted by atomic mass is 9.75. The summed E-state index contributed by atoms with van der Waals surface area (Å²) < 4.78 is 27.1. The number of sulfonamides is 1. The van der Waals surface area contributed by atoms with E-state index in [1.807, 2.05) is 13.8 Å². The van der Waals surface area contributed by atoms with E-state index >= 15 is 0 Å². The van der Waals surface area contributed by atoms with Gasteiger partial charge in [0.2, 0.25) is 24.2 Å². The molecule has 0 aromatic carbocycles. The molecule has 0 spiro atoms. The Bertz CT molecular complexity index is 1370. The fraction of sp³-hybridized carbons (Fsp3) is 0.586. The number of nitrogens with one attached hydrogen (secondary N) is 3. The van der Waals surface area contributed by atoms with Gasteiger partial charge in [-0.15, -0.1) is 11.3 Å². The molecule has 1 saturated carbocycles. The summed E-state index contributed by atoms with van der Waals surface area (Å²) in [4.78, 5) is 50.8. The number of hydrogen-bond acceptors (Lipinski definition) is 10. The number of anilines is 1. The summed E-state index contributed by atoms with van der Waals surface area (Å²) in [5, 5.41) is 18.5. The number of amides is 3. The maximum absolute atomic E-state index is 13.9. The summed E-state index contributed by atoms with van der Waals surface area (Å²) in [5.74, 6) is -1.43. The SMILES string of the molecule is CC1CCC(C[C@H](C(=O)N[C@@H](CCCN=C(N)NS(=O)(=O)c2ccccn2)C(=O)Nc2nccs2)[C@H](C(C)C)N(O)C=O)CC1. The number of thiazole rings is 1. The van der Waals surface area contributed by atoms with Gasteiger partial charge in [-0.25, -0.2) is 19.8 Å². The predicted molar refractivity (Wildman–Crippen MR) is 171 cm³/mol. The van der Waals surface area contributed by atoms with E-state index in [2.05, 4.69) is 37.2 Å². The van der Waals surface area contributed by atoms with E-state index < -0.39 is 39.8 Å². The second kappa shape index (κ2) is 17.2. The van der Waals surface area contributed by atoms with Gasteiger partial charge >= 0.3 is 0 Å². The van der Waals surface area contributed by atoms with Crippen molar-refractivity contribution in [2.24, 2.45) is 34.4 Å². The number of aliphatic imine (C=N–C) groups is 1. The van der Waals surface area contributed by atoms with Crippen LogP contribution in [0.3, 0.4) is 0 Å². The number of guanidine groups is 1. The van der Waals surface area contributed by atoms with Gasteiger partial charge in [-0.3, -0.25) is 24.6 Å².